The molecule has 0 bridgehead atoms. The van der Waals surface area contributed by atoms with E-state index in [1.165, 1.54) is 0 Å². The molecule has 0 amide bonds. The fourth-order valence-electron chi connectivity index (χ4n) is 2.01. The summed E-state index contributed by atoms with van der Waals surface area (Å²) in [6, 6.07) is 13.5. The summed E-state index contributed by atoms with van der Waals surface area (Å²) in [5, 5.41) is 18.7. The molecule has 0 saturated carbocycles. The van der Waals surface area contributed by atoms with Crippen LogP contribution in [0.15, 0.2) is 53.4 Å². The fourth-order valence-corrected chi connectivity index (χ4v) is 3.09. The van der Waals surface area contributed by atoms with Gasteiger partial charge in [0.1, 0.15) is 11.9 Å². The van der Waals surface area contributed by atoms with Crippen molar-refractivity contribution in [3.05, 3.63) is 65.5 Å². The number of hydrogen-bond acceptors (Lipinski definition) is 4. The highest BCUT2D eigenvalue weighted by molar-refractivity contribution is 7.89. The van der Waals surface area contributed by atoms with Gasteiger partial charge in [0.15, 0.2) is 0 Å². The molecule has 0 aliphatic carbocycles. The van der Waals surface area contributed by atoms with Crippen LogP contribution in [0.1, 0.15) is 23.7 Å². The van der Waals surface area contributed by atoms with Crippen LogP contribution in [0, 0.1) is 17.1 Å². The predicted octanol–water partition coefficient (Wildman–Crippen LogP) is 2.10. The van der Waals surface area contributed by atoms with Gasteiger partial charge < -0.3 is 5.11 Å². The van der Waals surface area contributed by atoms with Crippen LogP contribution in [0.5, 0.6) is 0 Å². The fraction of sp³-hybridized carbons (Fsp3) is 0.188. The number of benzene rings is 2. The first-order chi connectivity index (χ1) is 10.9. The van der Waals surface area contributed by atoms with Crippen LogP contribution in [0.4, 0.5) is 4.39 Å². The second-order valence-electron chi connectivity index (χ2n) is 4.87. The summed E-state index contributed by atoms with van der Waals surface area (Å²) >= 11 is 0. The van der Waals surface area contributed by atoms with Gasteiger partial charge in [-0.15, -0.1) is 0 Å². The highest BCUT2D eigenvalue weighted by Crippen LogP contribution is 2.17. The van der Waals surface area contributed by atoms with Gasteiger partial charge in [-0.05, 0) is 30.2 Å². The number of nitrogens with zero attached hydrogens (tertiary/aromatic N) is 1. The first-order valence-corrected chi connectivity index (χ1v) is 8.34. The molecule has 1 unspecified atom stereocenters. The van der Waals surface area contributed by atoms with Gasteiger partial charge in [0.05, 0.1) is 16.6 Å². The van der Waals surface area contributed by atoms with Crippen molar-refractivity contribution >= 4 is 10.0 Å². The Hall–Kier alpha value is -2.27. The Morgan fingerprint density at radius 2 is 1.91 bits per heavy atom. The van der Waals surface area contributed by atoms with Gasteiger partial charge in [-0.1, -0.05) is 30.3 Å². The van der Waals surface area contributed by atoms with Gasteiger partial charge in [0, 0.05) is 6.54 Å². The molecule has 2 aromatic carbocycles. The van der Waals surface area contributed by atoms with E-state index in [-0.39, 0.29) is 23.4 Å². The standard InChI is InChI=1S/C16H15FN2O3S/c17-15-7-6-14(10-13(15)11-18)23(21,22)19-9-8-16(20)12-4-2-1-3-5-12/h1-7,10,16,19-20H,8-9H2. The van der Waals surface area contributed by atoms with E-state index >= 15 is 0 Å². The summed E-state index contributed by atoms with van der Waals surface area (Å²) < 4.78 is 39.8. The molecule has 0 aliphatic rings. The van der Waals surface area contributed by atoms with Crippen molar-refractivity contribution in [2.75, 3.05) is 6.54 Å². The molecule has 2 N–H and O–H groups in total. The van der Waals surface area contributed by atoms with E-state index in [0.717, 1.165) is 18.2 Å². The predicted molar refractivity (Wildman–Crippen MR) is 82.3 cm³/mol. The normalized spacial score (nSPS) is 12.6. The molecule has 0 heterocycles. The van der Waals surface area contributed by atoms with Crippen LogP contribution in [-0.2, 0) is 10.0 Å². The molecule has 0 spiro atoms. The molecule has 0 radical (unpaired) electrons. The number of nitriles is 1. The minimum Gasteiger partial charge on any atom is -0.388 e. The van der Waals surface area contributed by atoms with E-state index in [4.69, 9.17) is 5.26 Å². The van der Waals surface area contributed by atoms with Crippen molar-refractivity contribution in [3.63, 3.8) is 0 Å². The van der Waals surface area contributed by atoms with Crippen molar-refractivity contribution < 1.29 is 17.9 Å². The maximum absolute atomic E-state index is 13.2. The Balaban J connectivity index is 2.01. The zero-order valence-corrected chi connectivity index (χ0v) is 12.9. The molecule has 0 fully saturated rings. The lowest BCUT2D eigenvalue weighted by molar-refractivity contribution is 0.169. The number of nitrogens with one attached hydrogen (secondary N) is 1. The van der Waals surface area contributed by atoms with Crippen molar-refractivity contribution in [2.45, 2.75) is 17.4 Å². The van der Waals surface area contributed by atoms with Gasteiger partial charge in [0.2, 0.25) is 10.0 Å². The van der Waals surface area contributed by atoms with Crippen LogP contribution in [0.3, 0.4) is 0 Å². The van der Waals surface area contributed by atoms with Crippen molar-refractivity contribution in [1.82, 2.24) is 4.72 Å². The highest BCUT2D eigenvalue weighted by Gasteiger charge is 2.17. The molecular weight excluding hydrogens is 319 g/mol. The van der Waals surface area contributed by atoms with E-state index < -0.39 is 21.9 Å². The third-order valence-electron chi connectivity index (χ3n) is 3.26. The monoisotopic (exact) mass is 334 g/mol. The number of rotatable bonds is 6. The summed E-state index contributed by atoms with van der Waals surface area (Å²) in [7, 11) is -3.87. The minimum absolute atomic E-state index is 0.0116. The molecule has 7 heteroatoms. The first-order valence-electron chi connectivity index (χ1n) is 6.86. The topological polar surface area (TPSA) is 90.2 Å². The summed E-state index contributed by atoms with van der Waals surface area (Å²) in [6.45, 7) is 0.0116. The van der Waals surface area contributed by atoms with Gasteiger partial charge in [0.25, 0.3) is 0 Å². The Morgan fingerprint density at radius 3 is 2.57 bits per heavy atom. The number of sulfonamides is 1. The zero-order valence-electron chi connectivity index (χ0n) is 12.1. The molecule has 0 aromatic heterocycles. The molecule has 1 atom stereocenters. The van der Waals surface area contributed by atoms with E-state index in [1.807, 2.05) is 6.07 Å². The highest BCUT2D eigenvalue weighted by atomic mass is 32.2. The smallest absolute Gasteiger partial charge is 0.240 e. The van der Waals surface area contributed by atoms with Crippen LogP contribution in [0.2, 0.25) is 0 Å². The van der Waals surface area contributed by atoms with Crippen molar-refractivity contribution in [3.8, 4) is 6.07 Å². The van der Waals surface area contributed by atoms with E-state index in [2.05, 4.69) is 4.72 Å². The lowest BCUT2D eigenvalue weighted by Crippen LogP contribution is -2.26. The number of halogens is 1. The van der Waals surface area contributed by atoms with Crippen LogP contribution < -0.4 is 4.72 Å². The minimum atomic E-state index is -3.87. The summed E-state index contributed by atoms with van der Waals surface area (Å²) in [5.74, 6) is -0.772. The van der Waals surface area contributed by atoms with E-state index in [1.54, 1.807) is 30.3 Å². The molecule has 0 saturated heterocycles. The maximum atomic E-state index is 13.2. The number of aliphatic hydroxyl groups excluding tert-OH is 1. The van der Waals surface area contributed by atoms with Crippen molar-refractivity contribution in [1.29, 1.82) is 5.26 Å². The number of aliphatic hydroxyl groups is 1. The molecule has 120 valence electrons. The van der Waals surface area contributed by atoms with Gasteiger partial charge in [-0.3, -0.25) is 0 Å². The summed E-state index contributed by atoms with van der Waals surface area (Å²) in [6.07, 6.45) is -0.600. The van der Waals surface area contributed by atoms with E-state index in [9.17, 15) is 17.9 Å². The molecule has 2 rings (SSSR count). The third kappa shape index (κ3) is 4.36. The molecule has 2 aromatic rings. The average Bonchev–Trinajstić information content (AvgIpc) is 2.55. The van der Waals surface area contributed by atoms with Crippen LogP contribution in [0.25, 0.3) is 0 Å². The Morgan fingerprint density at radius 1 is 1.22 bits per heavy atom. The Kier molecular flexibility index (Phi) is 5.45. The third-order valence-corrected chi connectivity index (χ3v) is 4.72. The molecule has 23 heavy (non-hydrogen) atoms. The van der Waals surface area contributed by atoms with Crippen LogP contribution in [-0.4, -0.2) is 20.1 Å². The first kappa shape index (κ1) is 17.1. The summed E-state index contributed by atoms with van der Waals surface area (Å²) in [5.41, 5.74) is 0.359. The quantitative estimate of drug-likeness (QED) is 0.846. The Labute approximate surface area is 134 Å². The van der Waals surface area contributed by atoms with Crippen LogP contribution >= 0.6 is 0 Å². The average molecular weight is 334 g/mol. The van der Waals surface area contributed by atoms with Gasteiger partial charge in [-0.2, -0.15) is 5.26 Å². The Bertz CT molecular complexity index is 817. The molecule has 0 aliphatic heterocycles. The van der Waals surface area contributed by atoms with Gasteiger partial charge >= 0.3 is 0 Å². The second-order valence-corrected chi connectivity index (χ2v) is 6.63. The number of hydrogen-bond donors (Lipinski definition) is 2. The maximum Gasteiger partial charge on any atom is 0.240 e. The second kappa shape index (κ2) is 7.33. The zero-order chi connectivity index (χ0) is 16.9. The lowest BCUT2D eigenvalue weighted by atomic mass is 10.1. The van der Waals surface area contributed by atoms with Gasteiger partial charge in [-0.25, -0.2) is 17.5 Å². The van der Waals surface area contributed by atoms with Crippen molar-refractivity contribution in [2.24, 2.45) is 0 Å². The SMILES string of the molecule is N#Cc1cc(S(=O)(=O)NCCC(O)c2ccccc2)ccc1F. The summed E-state index contributed by atoms with van der Waals surface area (Å²) in [4.78, 5) is -0.190. The largest absolute Gasteiger partial charge is 0.388 e. The molecule has 5 nitrogen and oxygen atoms in total. The molecular formula is C16H15FN2O3S. The lowest BCUT2D eigenvalue weighted by Gasteiger charge is -2.12. The van der Waals surface area contributed by atoms with E-state index in [0.29, 0.717) is 5.56 Å².